The maximum Gasteiger partial charge on any atom is 0.408 e. The Morgan fingerprint density at radius 1 is 0.926 bits per heavy atom. The van der Waals surface area contributed by atoms with Gasteiger partial charge in [0, 0.05) is 0 Å². The Morgan fingerprint density at radius 2 is 1.48 bits per heavy atom. The molecule has 0 bridgehead atoms. The number of carboxylic acid groups (broad SMARTS) is 1. The molecule has 2 amide bonds. The van der Waals surface area contributed by atoms with Gasteiger partial charge in [-0.1, -0.05) is 58.0 Å². The van der Waals surface area contributed by atoms with Crippen LogP contribution in [-0.4, -0.2) is 30.1 Å². The number of carbonyl (C=O) groups is 3. The van der Waals surface area contributed by atoms with Crippen molar-refractivity contribution in [2.24, 2.45) is 11.8 Å². The number of amides is 2. The van der Waals surface area contributed by atoms with Crippen molar-refractivity contribution in [3.8, 4) is 0 Å². The lowest BCUT2D eigenvalue weighted by Gasteiger charge is -2.25. The third-order valence-corrected chi connectivity index (χ3v) is 3.84. The van der Waals surface area contributed by atoms with Crippen LogP contribution in [-0.2, 0) is 20.9 Å². The fraction of sp³-hybridized carbons (Fsp3) is 0.550. The van der Waals surface area contributed by atoms with E-state index in [2.05, 4.69) is 10.6 Å². The molecule has 1 aromatic rings. The van der Waals surface area contributed by atoms with Crippen LogP contribution in [0.15, 0.2) is 30.3 Å². The zero-order valence-corrected chi connectivity index (χ0v) is 16.4. The first kappa shape index (κ1) is 22.5. The number of carbonyl (C=O) groups excluding carboxylic acids is 3. The molecule has 0 aliphatic heterocycles. The second-order valence-corrected chi connectivity index (χ2v) is 7.40. The lowest BCUT2D eigenvalue weighted by Crippen LogP contribution is -2.55. The number of carboxylic acids is 1. The number of hydrogen-bond donors (Lipinski definition) is 2. The molecule has 0 aliphatic rings. The third-order valence-electron chi connectivity index (χ3n) is 3.84. The van der Waals surface area contributed by atoms with Crippen LogP contribution < -0.4 is 15.7 Å². The molecule has 1 rings (SSSR count). The lowest BCUT2D eigenvalue weighted by atomic mass is 10.0. The van der Waals surface area contributed by atoms with Gasteiger partial charge in [0.2, 0.25) is 5.91 Å². The summed E-state index contributed by atoms with van der Waals surface area (Å²) < 4.78 is 5.15. The van der Waals surface area contributed by atoms with Crippen LogP contribution in [0.4, 0.5) is 4.79 Å². The summed E-state index contributed by atoms with van der Waals surface area (Å²) >= 11 is 0. The molecule has 0 saturated heterocycles. The van der Waals surface area contributed by atoms with E-state index in [-0.39, 0.29) is 24.9 Å². The molecule has 27 heavy (non-hydrogen) atoms. The molecule has 150 valence electrons. The fourth-order valence-electron chi connectivity index (χ4n) is 2.57. The summed E-state index contributed by atoms with van der Waals surface area (Å²) in [5.41, 5.74) is 0.825. The van der Waals surface area contributed by atoms with Crippen molar-refractivity contribution in [1.29, 1.82) is 0 Å². The molecule has 0 saturated carbocycles. The molecule has 7 nitrogen and oxygen atoms in total. The van der Waals surface area contributed by atoms with Gasteiger partial charge in [-0.2, -0.15) is 0 Å². The Balaban J connectivity index is 2.68. The average molecular weight is 377 g/mol. The minimum absolute atomic E-state index is 0.0699. The third kappa shape index (κ3) is 9.08. The number of benzene rings is 1. The molecule has 0 fully saturated rings. The average Bonchev–Trinajstić information content (AvgIpc) is 2.58. The van der Waals surface area contributed by atoms with Crippen molar-refractivity contribution in [3.63, 3.8) is 0 Å². The van der Waals surface area contributed by atoms with Crippen LogP contribution in [0.2, 0.25) is 0 Å². The Hall–Kier alpha value is -2.57. The molecule has 0 heterocycles. The van der Waals surface area contributed by atoms with Gasteiger partial charge >= 0.3 is 6.09 Å². The van der Waals surface area contributed by atoms with E-state index >= 15 is 0 Å². The Labute approximate surface area is 160 Å². The first-order valence-corrected chi connectivity index (χ1v) is 9.17. The van der Waals surface area contributed by atoms with Crippen LogP contribution >= 0.6 is 0 Å². The van der Waals surface area contributed by atoms with Crippen molar-refractivity contribution in [2.45, 2.75) is 59.2 Å². The van der Waals surface area contributed by atoms with E-state index in [1.165, 1.54) is 0 Å². The Morgan fingerprint density at radius 3 is 2.00 bits per heavy atom. The molecule has 0 unspecified atom stereocenters. The van der Waals surface area contributed by atoms with Gasteiger partial charge in [0.05, 0.1) is 12.0 Å². The predicted molar refractivity (Wildman–Crippen MR) is 99.4 cm³/mol. The SMILES string of the molecule is CC(C)C[C@H](NC(=O)OCc1ccccc1)C(=O)N[C@H](CC(C)C)C(=O)[O-]. The van der Waals surface area contributed by atoms with Gasteiger partial charge in [-0.3, -0.25) is 4.79 Å². The van der Waals surface area contributed by atoms with Crippen LogP contribution in [0.5, 0.6) is 0 Å². The van der Waals surface area contributed by atoms with E-state index in [1.54, 1.807) is 0 Å². The largest absolute Gasteiger partial charge is 0.548 e. The summed E-state index contributed by atoms with van der Waals surface area (Å²) in [6.45, 7) is 7.60. The zero-order chi connectivity index (χ0) is 20.4. The van der Waals surface area contributed by atoms with Gasteiger partial charge in [-0.05, 0) is 30.2 Å². The summed E-state index contributed by atoms with van der Waals surface area (Å²) in [5, 5.41) is 16.2. The molecule has 2 N–H and O–H groups in total. The Kier molecular flexibility index (Phi) is 9.33. The standard InChI is InChI=1S/C20H30N2O5/c1-13(2)10-16(18(23)21-17(19(24)25)11-14(3)4)22-20(26)27-12-15-8-6-5-7-9-15/h5-9,13-14,16-17H,10-12H2,1-4H3,(H,21,23)(H,22,26)(H,24,25)/p-1/t16-,17+/m0/s1. The predicted octanol–water partition coefficient (Wildman–Crippen LogP) is 1.61. The monoisotopic (exact) mass is 377 g/mol. The van der Waals surface area contributed by atoms with E-state index in [0.29, 0.717) is 6.42 Å². The second-order valence-electron chi connectivity index (χ2n) is 7.40. The lowest BCUT2D eigenvalue weighted by molar-refractivity contribution is -0.308. The first-order valence-electron chi connectivity index (χ1n) is 9.17. The highest BCUT2D eigenvalue weighted by Gasteiger charge is 2.25. The van der Waals surface area contributed by atoms with Crippen LogP contribution in [0.1, 0.15) is 46.1 Å². The highest BCUT2D eigenvalue weighted by atomic mass is 16.5. The summed E-state index contributed by atoms with van der Waals surface area (Å²) in [4.78, 5) is 35.8. The molecule has 1 aromatic carbocycles. The molecule has 7 heteroatoms. The van der Waals surface area contributed by atoms with Crippen molar-refractivity contribution in [2.75, 3.05) is 0 Å². The molecule has 0 radical (unpaired) electrons. The van der Waals surface area contributed by atoms with Crippen molar-refractivity contribution >= 4 is 18.0 Å². The van der Waals surface area contributed by atoms with E-state index in [1.807, 2.05) is 58.0 Å². The summed E-state index contributed by atoms with van der Waals surface area (Å²) in [6, 6.07) is 7.18. The maximum atomic E-state index is 12.5. The first-order chi connectivity index (χ1) is 12.7. The van der Waals surface area contributed by atoms with Crippen LogP contribution in [0.3, 0.4) is 0 Å². The smallest absolute Gasteiger partial charge is 0.408 e. The molecule has 0 spiro atoms. The van der Waals surface area contributed by atoms with E-state index in [0.717, 1.165) is 5.56 Å². The van der Waals surface area contributed by atoms with Gasteiger partial charge in [0.25, 0.3) is 0 Å². The highest BCUT2D eigenvalue weighted by molar-refractivity contribution is 5.88. The van der Waals surface area contributed by atoms with Crippen molar-refractivity contribution in [3.05, 3.63) is 35.9 Å². The van der Waals surface area contributed by atoms with Gasteiger partial charge in [0.15, 0.2) is 0 Å². The van der Waals surface area contributed by atoms with Gasteiger partial charge in [-0.25, -0.2) is 4.79 Å². The van der Waals surface area contributed by atoms with Crippen molar-refractivity contribution < 1.29 is 24.2 Å². The molecular formula is C20H29N2O5-. The molecule has 0 aliphatic carbocycles. The van der Waals surface area contributed by atoms with Gasteiger partial charge < -0.3 is 25.3 Å². The number of alkyl carbamates (subject to hydrolysis) is 1. The number of hydrogen-bond acceptors (Lipinski definition) is 5. The summed E-state index contributed by atoms with van der Waals surface area (Å²) in [5.74, 6) is -1.72. The van der Waals surface area contributed by atoms with E-state index < -0.39 is 30.1 Å². The fourth-order valence-corrected chi connectivity index (χ4v) is 2.57. The summed E-state index contributed by atoms with van der Waals surface area (Å²) in [6.07, 6.45) is -0.122. The van der Waals surface area contributed by atoms with Crippen LogP contribution in [0.25, 0.3) is 0 Å². The van der Waals surface area contributed by atoms with Crippen LogP contribution in [0, 0.1) is 11.8 Å². The highest BCUT2D eigenvalue weighted by Crippen LogP contribution is 2.09. The summed E-state index contributed by atoms with van der Waals surface area (Å²) in [7, 11) is 0. The zero-order valence-electron chi connectivity index (χ0n) is 16.4. The second kappa shape index (κ2) is 11.2. The Bertz CT molecular complexity index is 616. The number of rotatable bonds is 10. The van der Waals surface area contributed by atoms with Gasteiger partial charge in [-0.15, -0.1) is 0 Å². The van der Waals surface area contributed by atoms with E-state index in [9.17, 15) is 19.5 Å². The number of ether oxygens (including phenoxy) is 1. The molecule has 2 atom stereocenters. The quantitative estimate of drug-likeness (QED) is 0.644. The maximum absolute atomic E-state index is 12.5. The molecule has 0 aromatic heterocycles. The number of aliphatic carboxylic acids is 1. The molecular weight excluding hydrogens is 348 g/mol. The minimum Gasteiger partial charge on any atom is -0.548 e. The van der Waals surface area contributed by atoms with Gasteiger partial charge in [0.1, 0.15) is 12.6 Å². The minimum atomic E-state index is -1.34. The van der Waals surface area contributed by atoms with E-state index in [4.69, 9.17) is 4.74 Å². The number of nitrogens with one attached hydrogen (secondary N) is 2. The topological polar surface area (TPSA) is 108 Å². The normalized spacial score (nSPS) is 13.1. The van der Waals surface area contributed by atoms with Crippen molar-refractivity contribution in [1.82, 2.24) is 10.6 Å².